The summed E-state index contributed by atoms with van der Waals surface area (Å²) in [6.07, 6.45) is 0.351. The molecule has 3 nitrogen and oxygen atoms in total. The lowest BCUT2D eigenvalue weighted by Gasteiger charge is -2.22. The zero-order valence-corrected chi connectivity index (χ0v) is 10.2. The lowest BCUT2D eigenvalue weighted by molar-refractivity contribution is -0.134. The van der Waals surface area contributed by atoms with Gasteiger partial charge in [-0.25, -0.2) is 0 Å². The predicted octanol–water partition coefficient (Wildman–Crippen LogP) is 3.18. The maximum Gasteiger partial charge on any atom is 0.311 e. The van der Waals surface area contributed by atoms with Gasteiger partial charge in [0.15, 0.2) is 11.5 Å². The Morgan fingerprint density at radius 2 is 1.75 bits per heavy atom. The molecular weight excluding hydrogens is 204 g/mol. The minimum atomic E-state index is -0.311. The first-order chi connectivity index (χ1) is 7.42. The molecule has 1 rings (SSSR count). The van der Waals surface area contributed by atoms with Crippen LogP contribution in [0, 0.1) is 0 Å². The molecule has 0 aliphatic carbocycles. The second kappa shape index (κ2) is 5.01. The molecule has 0 unspecified atom stereocenters. The molecule has 0 amide bonds. The molecule has 0 radical (unpaired) electrons. The lowest BCUT2D eigenvalue weighted by Crippen LogP contribution is -2.23. The van der Waals surface area contributed by atoms with Crippen LogP contribution in [0.4, 0.5) is 0 Å². The summed E-state index contributed by atoms with van der Waals surface area (Å²) in [4.78, 5) is 11.2. The summed E-state index contributed by atoms with van der Waals surface area (Å²) in [7, 11) is 0. The van der Waals surface area contributed by atoms with E-state index >= 15 is 0 Å². The van der Waals surface area contributed by atoms with E-state index in [0.29, 0.717) is 17.9 Å². The van der Waals surface area contributed by atoms with Crippen molar-refractivity contribution in [2.45, 2.75) is 39.7 Å². The Morgan fingerprint density at radius 1 is 1.19 bits per heavy atom. The number of carbonyl (C=O) groups is 1. The number of carbonyl (C=O) groups excluding carboxylic acids is 1. The van der Waals surface area contributed by atoms with Crippen molar-refractivity contribution in [1.29, 1.82) is 0 Å². The largest absolute Gasteiger partial charge is 0.484 e. The first-order valence-electron chi connectivity index (χ1n) is 5.41. The van der Waals surface area contributed by atoms with Crippen molar-refractivity contribution < 1.29 is 14.3 Å². The number of rotatable bonds is 3. The van der Waals surface area contributed by atoms with E-state index in [1.807, 2.05) is 32.9 Å². The number of ether oxygens (including phenoxy) is 2. The average Bonchev–Trinajstić information content (AvgIpc) is 2.18. The molecule has 1 aromatic carbocycles. The molecule has 0 saturated heterocycles. The molecule has 0 aromatic heterocycles. The van der Waals surface area contributed by atoms with Crippen LogP contribution in [0.15, 0.2) is 24.3 Å². The van der Waals surface area contributed by atoms with E-state index in [9.17, 15) is 4.79 Å². The molecule has 3 heteroatoms. The van der Waals surface area contributed by atoms with Gasteiger partial charge in [0.05, 0.1) is 0 Å². The fourth-order valence-electron chi connectivity index (χ4n) is 1.14. The van der Waals surface area contributed by atoms with E-state index in [-0.39, 0.29) is 11.6 Å². The van der Waals surface area contributed by atoms with Gasteiger partial charge in [-0.2, -0.15) is 0 Å². The van der Waals surface area contributed by atoms with Crippen LogP contribution in [-0.2, 0) is 4.79 Å². The summed E-state index contributed by atoms with van der Waals surface area (Å²) < 4.78 is 10.9. The third-order valence-electron chi connectivity index (χ3n) is 1.78. The Morgan fingerprint density at radius 3 is 2.25 bits per heavy atom. The summed E-state index contributed by atoms with van der Waals surface area (Å²) in [5.41, 5.74) is -0.311. The highest BCUT2D eigenvalue weighted by Gasteiger charge is 2.16. The minimum absolute atomic E-state index is 0.259. The maximum atomic E-state index is 11.2. The van der Waals surface area contributed by atoms with E-state index < -0.39 is 0 Å². The lowest BCUT2D eigenvalue weighted by atomic mass is 10.2. The maximum absolute atomic E-state index is 11.2. The molecule has 0 heterocycles. The second-order valence-electron chi connectivity index (χ2n) is 4.49. The third kappa shape index (κ3) is 3.93. The van der Waals surface area contributed by atoms with E-state index in [0.717, 1.165) is 0 Å². The van der Waals surface area contributed by atoms with Crippen LogP contribution < -0.4 is 9.47 Å². The standard InChI is InChI=1S/C13H18O3/c1-5-12(14)15-10-8-6-7-9-11(10)16-13(2,3)4/h6-9H,5H2,1-4H3. The number of hydrogen-bond donors (Lipinski definition) is 0. The van der Waals surface area contributed by atoms with Gasteiger partial charge in [-0.15, -0.1) is 0 Å². The Bertz CT molecular complexity index is 364. The van der Waals surface area contributed by atoms with Gasteiger partial charge in [0.25, 0.3) is 0 Å². The van der Waals surface area contributed by atoms with Crippen LogP contribution in [0.1, 0.15) is 34.1 Å². The molecule has 0 bridgehead atoms. The molecule has 1 aromatic rings. The minimum Gasteiger partial charge on any atom is -0.484 e. The summed E-state index contributed by atoms with van der Waals surface area (Å²) in [5.74, 6) is 0.811. The van der Waals surface area contributed by atoms with Crippen LogP contribution in [0.25, 0.3) is 0 Å². The number of para-hydroxylation sites is 2. The normalized spacial score (nSPS) is 11.0. The molecule has 0 aliphatic heterocycles. The van der Waals surface area contributed by atoms with Gasteiger partial charge in [-0.3, -0.25) is 4.79 Å². The Hall–Kier alpha value is -1.51. The number of esters is 1. The van der Waals surface area contributed by atoms with E-state index in [4.69, 9.17) is 9.47 Å². The summed E-state index contributed by atoms with van der Waals surface area (Å²) >= 11 is 0. The Kier molecular flexibility index (Phi) is 3.93. The smallest absolute Gasteiger partial charge is 0.311 e. The monoisotopic (exact) mass is 222 g/mol. The van der Waals surface area contributed by atoms with E-state index in [1.54, 1.807) is 19.1 Å². The highest BCUT2D eigenvalue weighted by atomic mass is 16.6. The van der Waals surface area contributed by atoms with Crippen LogP contribution in [0.2, 0.25) is 0 Å². The third-order valence-corrected chi connectivity index (χ3v) is 1.78. The van der Waals surface area contributed by atoms with Gasteiger partial charge >= 0.3 is 5.97 Å². The number of benzene rings is 1. The van der Waals surface area contributed by atoms with Crippen molar-refractivity contribution in [3.8, 4) is 11.5 Å². The van der Waals surface area contributed by atoms with Gasteiger partial charge in [0.2, 0.25) is 0 Å². The van der Waals surface area contributed by atoms with Crippen molar-refractivity contribution in [2.24, 2.45) is 0 Å². The molecule has 16 heavy (non-hydrogen) atoms. The van der Waals surface area contributed by atoms with E-state index in [2.05, 4.69) is 0 Å². The fourth-order valence-corrected chi connectivity index (χ4v) is 1.14. The average molecular weight is 222 g/mol. The second-order valence-corrected chi connectivity index (χ2v) is 4.49. The predicted molar refractivity (Wildman–Crippen MR) is 62.7 cm³/mol. The van der Waals surface area contributed by atoms with Gasteiger partial charge in [-0.05, 0) is 32.9 Å². The van der Waals surface area contributed by atoms with Gasteiger partial charge in [0, 0.05) is 6.42 Å². The molecule has 0 aliphatic rings. The van der Waals surface area contributed by atoms with E-state index in [1.165, 1.54) is 0 Å². The molecule has 88 valence electrons. The highest BCUT2D eigenvalue weighted by molar-refractivity contribution is 5.72. The van der Waals surface area contributed by atoms with Crippen molar-refractivity contribution in [2.75, 3.05) is 0 Å². The van der Waals surface area contributed by atoms with Gasteiger partial charge in [0.1, 0.15) is 5.60 Å². The van der Waals surface area contributed by atoms with Crippen LogP contribution >= 0.6 is 0 Å². The van der Waals surface area contributed by atoms with Crippen molar-refractivity contribution in [3.63, 3.8) is 0 Å². The first-order valence-corrected chi connectivity index (χ1v) is 5.41. The topological polar surface area (TPSA) is 35.5 Å². The first kappa shape index (κ1) is 12.6. The highest BCUT2D eigenvalue weighted by Crippen LogP contribution is 2.29. The van der Waals surface area contributed by atoms with Gasteiger partial charge < -0.3 is 9.47 Å². The summed E-state index contributed by atoms with van der Waals surface area (Å²) in [6, 6.07) is 7.19. The van der Waals surface area contributed by atoms with Crippen LogP contribution in [0.3, 0.4) is 0 Å². The Labute approximate surface area is 96.4 Å². The Balaban J connectivity index is 2.87. The zero-order chi connectivity index (χ0) is 12.2. The van der Waals surface area contributed by atoms with Crippen molar-refractivity contribution in [1.82, 2.24) is 0 Å². The van der Waals surface area contributed by atoms with Crippen LogP contribution in [0.5, 0.6) is 11.5 Å². The SMILES string of the molecule is CCC(=O)Oc1ccccc1OC(C)(C)C. The number of hydrogen-bond acceptors (Lipinski definition) is 3. The molecule has 0 fully saturated rings. The van der Waals surface area contributed by atoms with Crippen LogP contribution in [-0.4, -0.2) is 11.6 Å². The molecule has 0 spiro atoms. The van der Waals surface area contributed by atoms with Crippen molar-refractivity contribution in [3.05, 3.63) is 24.3 Å². The quantitative estimate of drug-likeness (QED) is 0.582. The molecular formula is C13H18O3. The fraction of sp³-hybridized carbons (Fsp3) is 0.462. The summed E-state index contributed by atoms with van der Waals surface area (Å²) in [5, 5.41) is 0. The molecule has 0 N–H and O–H groups in total. The summed E-state index contributed by atoms with van der Waals surface area (Å²) in [6.45, 7) is 7.61. The zero-order valence-electron chi connectivity index (χ0n) is 10.2. The molecule has 0 saturated carbocycles. The van der Waals surface area contributed by atoms with Gasteiger partial charge in [-0.1, -0.05) is 19.1 Å². The molecule has 0 atom stereocenters. The van der Waals surface area contributed by atoms with Crippen molar-refractivity contribution >= 4 is 5.97 Å².